The third kappa shape index (κ3) is 3.39. The lowest BCUT2D eigenvalue weighted by atomic mass is 9.93. The summed E-state index contributed by atoms with van der Waals surface area (Å²) in [5.41, 5.74) is 2.92. The van der Waals surface area contributed by atoms with Crippen molar-refractivity contribution in [3.05, 3.63) is 52.3 Å². The molecule has 1 atom stereocenters. The first kappa shape index (κ1) is 18.2. The Morgan fingerprint density at radius 2 is 1.96 bits per heavy atom. The van der Waals surface area contributed by atoms with Crippen molar-refractivity contribution in [2.75, 3.05) is 4.72 Å². The number of nitrogens with zero attached hydrogens (tertiary/aromatic N) is 3. The van der Waals surface area contributed by atoms with Crippen molar-refractivity contribution >= 4 is 26.5 Å². The summed E-state index contributed by atoms with van der Waals surface area (Å²) in [6.45, 7) is 5.71. The van der Waals surface area contributed by atoms with Crippen LogP contribution in [0.25, 0.3) is 5.69 Å². The van der Waals surface area contributed by atoms with Gasteiger partial charge < -0.3 is 0 Å². The number of fused-ring (bicyclic) bond motifs is 1. The quantitative estimate of drug-likeness (QED) is 0.719. The van der Waals surface area contributed by atoms with Crippen LogP contribution in [0.5, 0.6) is 0 Å². The van der Waals surface area contributed by atoms with Crippen molar-refractivity contribution in [3.63, 3.8) is 0 Å². The van der Waals surface area contributed by atoms with Crippen LogP contribution in [0.3, 0.4) is 0 Å². The maximum atomic E-state index is 13.1. The second-order valence-corrected chi connectivity index (χ2v) is 9.79. The Balaban J connectivity index is 1.68. The zero-order valence-corrected chi connectivity index (χ0v) is 17.2. The molecule has 3 aromatic rings. The molecule has 4 rings (SSSR count). The number of hydrogen-bond donors (Lipinski definition) is 1. The van der Waals surface area contributed by atoms with Crippen molar-refractivity contribution in [3.8, 4) is 5.69 Å². The molecule has 0 aliphatic heterocycles. The fraction of sp³-hybridized carbons (Fsp3) is 0.368. The lowest BCUT2D eigenvalue weighted by Crippen LogP contribution is -2.15. The third-order valence-electron chi connectivity index (χ3n) is 4.90. The zero-order chi connectivity index (χ0) is 19.2. The molecule has 0 saturated carbocycles. The Kier molecular flexibility index (Phi) is 4.55. The van der Waals surface area contributed by atoms with Gasteiger partial charge in [-0.15, -0.1) is 11.3 Å². The number of anilines is 1. The molecule has 0 saturated heterocycles. The van der Waals surface area contributed by atoms with Crippen LogP contribution in [-0.4, -0.2) is 23.2 Å². The molecule has 1 aliphatic carbocycles. The molecule has 0 spiro atoms. The standard InChI is InChI=1S/C19H22N4O2S2/c1-12-9-10-16-17(11-12)26-19(20-16)22-27(24,25)18-13(2)21-23(14(18)3)15-7-5-4-6-8-15/h4-8,12H,9-11H2,1-3H3,(H,20,22)/t12-/m1/s1. The monoisotopic (exact) mass is 402 g/mol. The highest BCUT2D eigenvalue weighted by molar-refractivity contribution is 7.93. The van der Waals surface area contributed by atoms with Crippen LogP contribution in [0.15, 0.2) is 35.2 Å². The zero-order valence-electron chi connectivity index (χ0n) is 15.6. The second kappa shape index (κ2) is 6.76. The van der Waals surface area contributed by atoms with Gasteiger partial charge in [0.25, 0.3) is 10.0 Å². The van der Waals surface area contributed by atoms with Gasteiger partial charge in [-0.1, -0.05) is 25.1 Å². The molecule has 0 fully saturated rings. The van der Waals surface area contributed by atoms with Crippen LogP contribution in [0.2, 0.25) is 0 Å². The van der Waals surface area contributed by atoms with Crippen LogP contribution < -0.4 is 4.72 Å². The van der Waals surface area contributed by atoms with Gasteiger partial charge in [0.05, 0.1) is 22.8 Å². The molecule has 1 N–H and O–H groups in total. The molecule has 1 aromatic carbocycles. The van der Waals surface area contributed by atoms with E-state index in [1.54, 1.807) is 18.5 Å². The molecule has 6 nitrogen and oxygen atoms in total. The number of rotatable bonds is 4. The number of para-hydroxylation sites is 1. The summed E-state index contributed by atoms with van der Waals surface area (Å²) in [5.74, 6) is 0.621. The van der Waals surface area contributed by atoms with Gasteiger partial charge in [-0.3, -0.25) is 4.72 Å². The van der Waals surface area contributed by atoms with Crippen molar-refractivity contribution in [1.29, 1.82) is 0 Å². The Hall–Kier alpha value is -2.19. The van der Waals surface area contributed by atoms with E-state index >= 15 is 0 Å². The summed E-state index contributed by atoms with van der Waals surface area (Å²) in [6.07, 6.45) is 2.99. The highest BCUT2D eigenvalue weighted by atomic mass is 32.2. The summed E-state index contributed by atoms with van der Waals surface area (Å²) in [5, 5.41) is 4.89. The first-order valence-corrected chi connectivity index (χ1v) is 11.3. The maximum Gasteiger partial charge on any atom is 0.267 e. The third-order valence-corrected chi connectivity index (χ3v) is 7.66. The summed E-state index contributed by atoms with van der Waals surface area (Å²) < 4.78 is 30.5. The van der Waals surface area contributed by atoms with E-state index in [0.29, 0.717) is 22.4 Å². The van der Waals surface area contributed by atoms with E-state index in [1.807, 2.05) is 30.3 Å². The van der Waals surface area contributed by atoms with Gasteiger partial charge >= 0.3 is 0 Å². The predicted octanol–water partition coefficient (Wildman–Crippen LogP) is 3.87. The lowest BCUT2D eigenvalue weighted by Gasteiger charge is -2.15. The van der Waals surface area contributed by atoms with E-state index in [0.717, 1.165) is 30.6 Å². The van der Waals surface area contributed by atoms with Crippen LogP contribution in [0.4, 0.5) is 5.13 Å². The molecule has 2 aromatic heterocycles. The first-order valence-electron chi connectivity index (χ1n) is 8.98. The number of aryl methyl sites for hydroxylation is 2. The van der Waals surface area contributed by atoms with E-state index in [9.17, 15) is 8.42 Å². The predicted molar refractivity (Wildman–Crippen MR) is 107 cm³/mol. The molecule has 0 bridgehead atoms. The van der Waals surface area contributed by atoms with E-state index in [4.69, 9.17) is 0 Å². The van der Waals surface area contributed by atoms with Crippen molar-refractivity contribution in [1.82, 2.24) is 14.8 Å². The smallest absolute Gasteiger partial charge is 0.255 e. The summed E-state index contributed by atoms with van der Waals surface area (Å²) in [7, 11) is -3.76. The molecule has 142 valence electrons. The van der Waals surface area contributed by atoms with Gasteiger partial charge in [-0.2, -0.15) is 5.10 Å². The molecule has 0 unspecified atom stereocenters. The number of sulfonamides is 1. The minimum absolute atomic E-state index is 0.216. The first-order chi connectivity index (χ1) is 12.8. The number of benzene rings is 1. The molecule has 0 amide bonds. The minimum atomic E-state index is -3.76. The SMILES string of the molecule is Cc1nn(-c2ccccc2)c(C)c1S(=O)(=O)Nc1nc2c(s1)C[C@H](C)CC2. The van der Waals surface area contributed by atoms with Crippen LogP contribution in [0.1, 0.15) is 35.3 Å². The molecular formula is C19H22N4O2S2. The average Bonchev–Trinajstić information content (AvgIpc) is 3.14. The molecule has 2 heterocycles. The number of thiazole rings is 1. The number of hydrogen-bond acceptors (Lipinski definition) is 5. The molecule has 27 heavy (non-hydrogen) atoms. The topological polar surface area (TPSA) is 76.9 Å². The van der Waals surface area contributed by atoms with Crippen LogP contribution >= 0.6 is 11.3 Å². The van der Waals surface area contributed by atoms with E-state index in [1.165, 1.54) is 16.2 Å². The highest BCUT2D eigenvalue weighted by Gasteiger charge is 2.27. The van der Waals surface area contributed by atoms with Crippen LogP contribution in [-0.2, 0) is 22.9 Å². The van der Waals surface area contributed by atoms with Crippen molar-refractivity contribution < 1.29 is 8.42 Å². The molecular weight excluding hydrogens is 380 g/mol. The Labute approximate surface area is 163 Å². The van der Waals surface area contributed by atoms with E-state index in [-0.39, 0.29) is 4.90 Å². The summed E-state index contributed by atoms with van der Waals surface area (Å²) in [6, 6.07) is 9.52. The molecule has 8 heteroatoms. The Morgan fingerprint density at radius 3 is 2.70 bits per heavy atom. The Bertz CT molecular complexity index is 1080. The van der Waals surface area contributed by atoms with Gasteiger partial charge in [-0.05, 0) is 51.2 Å². The second-order valence-electron chi connectivity index (χ2n) is 7.09. The van der Waals surface area contributed by atoms with Gasteiger partial charge in [0.1, 0.15) is 4.90 Å². The summed E-state index contributed by atoms with van der Waals surface area (Å²) >= 11 is 1.45. The normalized spacial score (nSPS) is 16.9. The average molecular weight is 403 g/mol. The van der Waals surface area contributed by atoms with Gasteiger partial charge in [0, 0.05) is 4.88 Å². The Morgan fingerprint density at radius 1 is 1.22 bits per heavy atom. The van der Waals surface area contributed by atoms with Crippen molar-refractivity contribution in [2.24, 2.45) is 5.92 Å². The highest BCUT2D eigenvalue weighted by Crippen LogP contribution is 2.33. The number of nitrogens with one attached hydrogen (secondary N) is 1. The fourth-order valence-corrected chi connectivity index (χ4v) is 6.39. The van der Waals surface area contributed by atoms with Gasteiger partial charge in [0.2, 0.25) is 0 Å². The number of aromatic nitrogens is 3. The molecule has 0 radical (unpaired) electrons. The van der Waals surface area contributed by atoms with Gasteiger partial charge in [0.15, 0.2) is 5.13 Å². The minimum Gasteiger partial charge on any atom is -0.255 e. The van der Waals surface area contributed by atoms with Gasteiger partial charge in [-0.25, -0.2) is 18.1 Å². The fourth-order valence-electron chi connectivity index (χ4n) is 3.59. The van der Waals surface area contributed by atoms with E-state index in [2.05, 4.69) is 21.7 Å². The van der Waals surface area contributed by atoms with Crippen LogP contribution in [0, 0.1) is 19.8 Å². The van der Waals surface area contributed by atoms with Crippen molar-refractivity contribution in [2.45, 2.75) is 44.9 Å². The maximum absolute atomic E-state index is 13.1. The lowest BCUT2D eigenvalue weighted by molar-refractivity contribution is 0.502. The molecule has 1 aliphatic rings. The summed E-state index contributed by atoms with van der Waals surface area (Å²) in [4.78, 5) is 5.93. The van der Waals surface area contributed by atoms with E-state index < -0.39 is 10.0 Å². The largest absolute Gasteiger partial charge is 0.267 e.